The van der Waals surface area contributed by atoms with Crippen LogP contribution in [-0.2, 0) is 13.6 Å². The van der Waals surface area contributed by atoms with Crippen molar-refractivity contribution in [3.63, 3.8) is 0 Å². The van der Waals surface area contributed by atoms with E-state index in [0.29, 0.717) is 5.92 Å². The van der Waals surface area contributed by atoms with E-state index in [0.717, 1.165) is 66.0 Å². The summed E-state index contributed by atoms with van der Waals surface area (Å²) in [5.41, 5.74) is 8.61. The molecular formula is C36H38FN5. The Morgan fingerprint density at radius 3 is 2.50 bits per heavy atom. The quantitative estimate of drug-likeness (QED) is 0.193. The summed E-state index contributed by atoms with van der Waals surface area (Å²) in [4.78, 5) is 9.62. The van der Waals surface area contributed by atoms with Crippen LogP contribution in [0.1, 0.15) is 42.6 Å². The van der Waals surface area contributed by atoms with Gasteiger partial charge in [0.1, 0.15) is 11.5 Å². The Kier molecular flexibility index (Phi) is 7.90. The number of pyridine rings is 1. The van der Waals surface area contributed by atoms with Crippen molar-refractivity contribution in [2.45, 2.75) is 39.3 Å². The summed E-state index contributed by atoms with van der Waals surface area (Å²) in [5.74, 6) is 0.140. The summed E-state index contributed by atoms with van der Waals surface area (Å²) in [6.45, 7) is 11.9. The average molecular weight is 560 g/mol. The maximum absolute atomic E-state index is 14.0. The number of nitrogens with zero attached hydrogens (tertiary/aromatic N) is 5. The molecule has 0 saturated carbocycles. The van der Waals surface area contributed by atoms with Gasteiger partial charge in [0.2, 0.25) is 0 Å². The number of hydrogen-bond acceptors (Lipinski definition) is 4. The van der Waals surface area contributed by atoms with Crippen molar-refractivity contribution in [3.8, 4) is 11.3 Å². The fourth-order valence-electron chi connectivity index (χ4n) is 6.46. The molecule has 1 saturated heterocycles. The largest absolute Gasteiger partial charge is 0.336 e. The number of rotatable bonds is 8. The van der Waals surface area contributed by atoms with Gasteiger partial charge in [-0.1, -0.05) is 61.2 Å². The van der Waals surface area contributed by atoms with Gasteiger partial charge in [-0.15, -0.1) is 0 Å². The lowest BCUT2D eigenvalue weighted by molar-refractivity contribution is 0.190. The molecule has 1 unspecified atom stereocenters. The van der Waals surface area contributed by atoms with Gasteiger partial charge in [-0.3, -0.25) is 14.6 Å². The van der Waals surface area contributed by atoms with Crippen molar-refractivity contribution < 1.29 is 4.39 Å². The molecule has 0 amide bonds. The Balaban J connectivity index is 1.20. The molecule has 5 aromatic rings. The standard InChI is InChI=1S/C36H38FN5/c1-25-11-5-6-17-34(25)42(27(3)33-16-7-8-20-38-33)26(2)28-18-21-41(22-19-28)24-30-13-10-15-32-35(39-40(4)36(30)32)29-12-9-14-31(37)23-29/h5-17,20,23,27-28H,2,18-19,21-22,24H2,1,3-4H3. The number of hydrogen-bond donors (Lipinski definition) is 0. The van der Waals surface area contributed by atoms with E-state index >= 15 is 0 Å². The minimum atomic E-state index is -0.248. The van der Waals surface area contributed by atoms with E-state index in [-0.39, 0.29) is 11.9 Å². The number of likely N-dealkylation sites (tertiary alicyclic amines) is 1. The molecule has 0 radical (unpaired) electrons. The normalized spacial score (nSPS) is 15.1. The molecule has 5 nitrogen and oxygen atoms in total. The van der Waals surface area contributed by atoms with E-state index in [2.05, 4.69) is 89.8 Å². The topological polar surface area (TPSA) is 37.2 Å². The van der Waals surface area contributed by atoms with Gasteiger partial charge in [-0.2, -0.15) is 5.10 Å². The molecule has 1 atom stereocenters. The third-order valence-electron chi connectivity index (χ3n) is 8.69. The number of aryl methyl sites for hydroxylation is 2. The van der Waals surface area contributed by atoms with Gasteiger partial charge in [0.25, 0.3) is 0 Å². The zero-order valence-corrected chi connectivity index (χ0v) is 24.7. The Morgan fingerprint density at radius 2 is 1.76 bits per heavy atom. The van der Waals surface area contributed by atoms with Crippen molar-refractivity contribution in [1.82, 2.24) is 19.7 Å². The Morgan fingerprint density at radius 1 is 1.00 bits per heavy atom. The number of benzene rings is 3. The number of halogens is 1. The lowest BCUT2D eigenvalue weighted by Crippen LogP contribution is -2.38. The van der Waals surface area contributed by atoms with Gasteiger partial charge in [-0.25, -0.2) is 4.39 Å². The maximum atomic E-state index is 14.0. The number of fused-ring (bicyclic) bond motifs is 1. The van der Waals surface area contributed by atoms with Gasteiger partial charge < -0.3 is 4.90 Å². The Bertz CT molecular complexity index is 1700. The van der Waals surface area contributed by atoms with Gasteiger partial charge in [-0.05, 0) is 81.2 Å². The molecular weight excluding hydrogens is 521 g/mol. The second kappa shape index (κ2) is 11.9. The summed E-state index contributed by atoms with van der Waals surface area (Å²) >= 11 is 0. The minimum absolute atomic E-state index is 0.0764. The van der Waals surface area contributed by atoms with Crippen LogP contribution in [0, 0.1) is 18.7 Å². The van der Waals surface area contributed by atoms with E-state index in [4.69, 9.17) is 5.10 Å². The van der Waals surface area contributed by atoms with E-state index in [1.807, 2.05) is 30.1 Å². The molecule has 214 valence electrons. The summed E-state index contributed by atoms with van der Waals surface area (Å²) < 4.78 is 15.9. The fraction of sp³-hybridized carbons (Fsp3) is 0.278. The molecule has 0 aliphatic carbocycles. The van der Waals surface area contributed by atoms with E-state index < -0.39 is 0 Å². The SMILES string of the molecule is C=C(C1CCN(Cc2cccc3c(-c4cccc(F)c4)nn(C)c23)CC1)N(c1ccccc1C)C(C)c1ccccn1. The summed E-state index contributed by atoms with van der Waals surface area (Å²) in [7, 11) is 1.98. The summed E-state index contributed by atoms with van der Waals surface area (Å²) in [6, 6.07) is 27.8. The van der Waals surface area contributed by atoms with Crippen LogP contribution in [0.5, 0.6) is 0 Å². The van der Waals surface area contributed by atoms with E-state index in [1.165, 1.54) is 22.9 Å². The van der Waals surface area contributed by atoms with Gasteiger partial charge in [0, 0.05) is 48.0 Å². The van der Waals surface area contributed by atoms with Crippen molar-refractivity contribution in [1.29, 1.82) is 0 Å². The second-order valence-electron chi connectivity index (χ2n) is 11.4. The summed E-state index contributed by atoms with van der Waals surface area (Å²) in [6.07, 6.45) is 3.96. The highest BCUT2D eigenvalue weighted by atomic mass is 19.1. The maximum Gasteiger partial charge on any atom is 0.123 e. The molecule has 1 aliphatic heterocycles. The molecule has 3 heterocycles. The van der Waals surface area contributed by atoms with Crippen molar-refractivity contribution in [3.05, 3.63) is 126 Å². The highest BCUT2D eigenvalue weighted by molar-refractivity contribution is 5.95. The van der Waals surface area contributed by atoms with E-state index in [1.54, 1.807) is 12.1 Å². The molecule has 1 fully saturated rings. The number of anilines is 1. The van der Waals surface area contributed by atoms with Crippen LogP contribution in [0.3, 0.4) is 0 Å². The van der Waals surface area contributed by atoms with Gasteiger partial charge in [0.15, 0.2) is 0 Å². The first-order valence-electron chi connectivity index (χ1n) is 14.8. The molecule has 6 rings (SSSR count). The van der Waals surface area contributed by atoms with Gasteiger partial charge in [0.05, 0.1) is 17.3 Å². The second-order valence-corrected chi connectivity index (χ2v) is 11.4. The number of piperidine rings is 1. The number of para-hydroxylation sites is 2. The van der Waals surface area contributed by atoms with Crippen LogP contribution >= 0.6 is 0 Å². The van der Waals surface area contributed by atoms with Crippen molar-refractivity contribution >= 4 is 16.6 Å². The predicted molar refractivity (Wildman–Crippen MR) is 170 cm³/mol. The molecule has 1 aliphatic rings. The zero-order chi connectivity index (χ0) is 29.2. The molecule has 0 N–H and O–H groups in total. The minimum Gasteiger partial charge on any atom is -0.336 e. The van der Waals surface area contributed by atoms with Crippen molar-refractivity contribution in [2.75, 3.05) is 18.0 Å². The zero-order valence-electron chi connectivity index (χ0n) is 24.7. The lowest BCUT2D eigenvalue weighted by atomic mass is 9.91. The van der Waals surface area contributed by atoms with Crippen LogP contribution in [0.25, 0.3) is 22.2 Å². The number of aromatic nitrogens is 3. The van der Waals surface area contributed by atoms with Crippen LogP contribution < -0.4 is 4.90 Å². The molecule has 42 heavy (non-hydrogen) atoms. The fourth-order valence-corrected chi connectivity index (χ4v) is 6.46. The highest BCUT2D eigenvalue weighted by Gasteiger charge is 2.29. The van der Waals surface area contributed by atoms with Crippen LogP contribution in [0.2, 0.25) is 0 Å². The third-order valence-corrected chi connectivity index (χ3v) is 8.69. The predicted octanol–water partition coefficient (Wildman–Crippen LogP) is 8.08. The molecule has 3 aromatic carbocycles. The van der Waals surface area contributed by atoms with Gasteiger partial charge >= 0.3 is 0 Å². The number of allylic oxidation sites excluding steroid dienone is 1. The third kappa shape index (κ3) is 5.47. The van der Waals surface area contributed by atoms with Crippen LogP contribution in [0.15, 0.2) is 103 Å². The average Bonchev–Trinajstić information content (AvgIpc) is 3.36. The summed E-state index contributed by atoms with van der Waals surface area (Å²) in [5, 5.41) is 5.85. The Labute approximate surface area is 247 Å². The van der Waals surface area contributed by atoms with Crippen molar-refractivity contribution in [2.24, 2.45) is 13.0 Å². The molecule has 0 spiro atoms. The van der Waals surface area contributed by atoms with Crippen LogP contribution in [-0.4, -0.2) is 32.8 Å². The molecule has 0 bridgehead atoms. The monoisotopic (exact) mass is 559 g/mol. The Hall–Kier alpha value is -4.29. The first-order valence-corrected chi connectivity index (χ1v) is 14.8. The molecule has 6 heteroatoms. The first kappa shape index (κ1) is 27.9. The van der Waals surface area contributed by atoms with E-state index in [9.17, 15) is 4.39 Å². The van der Waals surface area contributed by atoms with Crippen LogP contribution in [0.4, 0.5) is 10.1 Å². The lowest BCUT2D eigenvalue weighted by Gasteiger charge is -2.40. The highest BCUT2D eigenvalue weighted by Crippen LogP contribution is 2.38. The molecule has 2 aromatic heterocycles. The smallest absolute Gasteiger partial charge is 0.123 e. The first-order chi connectivity index (χ1) is 20.4.